The Morgan fingerprint density at radius 1 is 1.52 bits per heavy atom. The Labute approximate surface area is 122 Å². The minimum atomic E-state index is -0.943. The van der Waals surface area contributed by atoms with Crippen molar-refractivity contribution in [1.82, 2.24) is 10.2 Å². The number of hydrogen-bond acceptors (Lipinski definition) is 5. The lowest BCUT2D eigenvalue weighted by molar-refractivity contribution is -0.144. The van der Waals surface area contributed by atoms with Crippen LogP contribution in [0.5, 0.6) is 0 Å². The zero-order chi connectivity index (χ0) is 15.2. The number of carbonyl (C=O) groups is 2. The highest BCUT2D eigenvalue weighted by Gasteiger charge is 2.29. The SMILES string of the molecule is N#Cc1cccc(NC(=O)CN2CCNCC2C(=O)O)c1. The molecule has 0 aromatic heterocycles. The van der Waals surface area contributed by atoms with Crippen LogP contribution in [0.25, 0.3) is 0 Å². The van der Waals surface area contributed by atoms with E-state index in [-0.39, 0.29) is 12.5 Å². The van der Waals surface area contributed by atoms with Crippen molar-refractivity contribution in [2.75, 3.05) is 31.5 Å². The van der Waals surface area contributed by atoms with Crippen LogP contribution in [-0.2, 0) is 9.59 Å². The molecule has 1 amide bonds. The Morgan fingerprint density at radius 3 is 3.05 bits per heavy atom. The third-order valence-electron chi connectivity index (χ3n) is 3.26. The van der Waals surface area contributed by atoms with Gasteiger partial charge in [0.1, 0.15) is 6.04 Å². The third kappa shape index (κ3) is 4.02. The summed E-state index contributed by atoms with van der Waals surface area (Å²) in [5.74, 6) is -1.24. The monoisotopic (exact) mass is 288 g/mol. The maximum atomic E-state index is 12.0. The summed E-state index contributed by atoms with van der Waals surface area (Å²) < 4.78 is 0. The summed E-state index contributed by atoms with van der Waals surface area (Å²) in [6.45, 7) is 1.49. The van der Waals surface area contributed by atoms with Crippen LogP contribution in [0.1, 0.15) is 5.56 Å². The number of carbonyl (C=O) groups excluding carboxylic acids is 1. The zero-order valence-electron chi connectivity index (χ0n) is 11.4. The fraction of sp³-hybridized carbons (Fsp3) is 0.357. The van der Waals surface area contributed by atoms with Crippen molar-refractivity contribution in [2.45, 2.75) is 6.04 Å². The minimum absolute atomic E-state index is 0.00935. The summed E-state index contributed by atoms with van der Waals surface area (Å²) in [6.07, 6.45) is 0. The van der Waals surface area contributed by atoms with Gasteiger partial charge in [0, 0.05) is 25.3 Å². The van der Waals surface area contributed by atoms with E-state index >= 15 is 0 Å². The molecule has 0 spiro atoms. The van der Waals surface area contributed by atoms with Gasteiger partial charge < -0.3 is 15.7 Å². The van der Waals surface area contributed by atoms with Gasteiger partial charge in [-0.15, -0.1) is 0 Å². The number of benzene rings is 1. The molecule has 1 heterocycles. The number of carboxylic acids is 1. The number of piperazine rings is 1. The molecular formula is C14H16N4O3. The van der Waals surface area contributed by atoms with Crippen molar-refractivity contribution >= 4 is 17.6 Å². The fourth-order valence-corrected chi connectivity index (χ4v) is 2.23. The lowest BCUT2D eigenvalue weighted by atomic mass is 10.2. The molecule has 0 radical (unpaired) electrons. The molecule has 0 saturated carbocycles. The molecule has 7 nitrogen and oxygen atoms in total. The van der Waals surface area contributed by atoms with Crippen molar-refractivity contribution in [3.8, 4) is 6.07 Å². The van der Waals surface area contributed by atoms with E-state index in [2.05, 4.69) is 10.6 Å². The van der Waals surface area contributed by atoms with Crippen LogP contribution in [-0.4, -0.2) is 54.1 Å². The fourth-order valence-electron chi connectivity index (χ4n) is 2.23. The number of rotatable bonds is 4. The molecule has 1 fully saturated rings. The average Bonchev–Trinajstić information content (AvgIpc) is 2.47. The average molecular weight is 288 g/mol. The molecule has 1 aliphatic heterocycles. The lowest BCUT2D eigenvalue weighted by Gasteiger charge is -2.32. The lowest BCUT2D eigenvalue weighted by Crippen LogP contribution is -2.56. The maximum absolute atomic E-state index is 12.0. The first-order valence-electron chi connectivity index (χ1n) is 6.58. The summed E-state index contributed by atoms with van der Waals surface area (Å²) in [6, 6.07) is 7.88. The van der Waals surface area contributed by atoms with Crippen LogP contribution in [0.4, 0.5) is 5.69 Å². The third-order valence-corrected chi connectivity index (χ3v) is 3.26. The molecule has 1 saturated heterocycles. The topological polar surface area (TPSA) is 105 Å². The van der Waals surface area contributed by atoms with Gasteiger partial charge in [-0.2, -0.15) is 5.26 Å². The Hall–Kier alpha value is -2.43. The Morgan fingerprint density at radius 2 is 2.33 bits per heavy atom. The number of amides is 1. The van der Waals surface area contributed by atoms with Crippen molar-refractivity contribution < 1.29 is 14.7 Å². The molecular weight excluding hydrogens is 272 g/mol. The van der Waals surface area contributed by atoms with E-state index in [9.17, 15) is 9.59 Å². The highest BCUT2D eigenvalue weighted by Crippen LogP contribution is 2.10. The highest BCUT2D eigenvalue weighted by molar-refractivity contribution is 5.92. The van der Waals surface area contributed by atoms with Crippen LogP contribution in [0.2, 0.25) is 0 Å². The molecule has 1 unspecified atom stereocenters. The number of nitrogens with one attached hydrogen (secondary N) is 2. The van der Waals surface area contributed by atoms with Gasteiger partial charge in [0.15, 0.2) is 0 Å². The van der Waals surface area contributed by atoms with Crippen LogP contribution < -0.4 is 10.6 Å². The van der Waals surface area contributed by atoms with E-state index in [4.69, 9.17) is 10.4 Å². The van der Waals surface area contributed by atoms with Gasteiger partial charge in [-0.1, -0.05) is 6.07 Å². The summed E-state index contributed by atoms with van der Waals surface area (Å²) in [5, 5.41) is 23.6. The molecule has 0 bridgehead atoms. The number of anilines is 1. The molecule has 110 valence electrons. The van der Waals surface area contributed by atoms with Gasteiger partial charge in [0.25, 0.3) is 0 Å². The standard InChI is InChI=1S/C14H16N4O3/c15-7-10-2-1-3-11(6-10)17-13(19)9-18-5-4-16-8-12(18)14(20)21/h1-3,6,12,16H,4-5,8-9H2,(H,17,19)(H,20,21). The highest BCUT2D eigenvalue weighted by atomic mass is 16.4. The molecule has 1 aromatic carbocycles. The smallest absolute Gasteiger partial charge is 0.322 e. The van der Waals surface area contributed by atoms with Crippen molar-refractivity contribution in [1.29, 1.82) is 5.26 Å². The van der Waals surface area contributed by atoms with Gasteiger partial charge in [-0.25, -0.2) is 0 Å². The molecule has 7 heteroatoms. The predicted molar refractivity (Wildman–Crippen MR) is 75.7 cm³/mol. The summed E-state index contributed by atoms with van der Waals surface area (Å²) in [4.78, 5) is 24.8. The van der Waals surface area contributed by atoms with Crippen molar-refractivity contribution in [2.24, 2.45) is 0 Å². The number of nitriles is 1. The van der Waals surface area contributed by atoms with Crippen LogP contribution in [0, 0.1) is 11.3 Å². The van der Waals surface area contributed by atoms with Gasteiger partial charge in [-0.05, 0) is 18.2 Å². The molecule has 21 heavy (non-hydrogen) atoms. The summed E-state index contributed by atoms with van der Waals surface area (Å²) >= 11 is 0. The second kappa shape index (κ2) is 6.83. The number of hydrogen-bond donors (Lipinski definition) is 3. The molecule has 1 atom stereocenters. The van der Waals surface area contributed by atoms with Crippen molar-refractivity contribution in [3.63, 3.8) is 0 Å². The van der Waals surface area contributed by atoms with Gasteiger partial charge >= 0.3 is 5.97 Å². The number of aliphatic carboxylic acids is 1. The largest absolute Gasteiger partial charge is 0.480 e. The van der Waals surface area contributed by atoms with E-state index in [0.29, 0.717) is 30.9 Å². The Kier molecular flexibility index (Phi) is 4.87. The van der Waals surface area contributed by atoms with E-state index in [1.807, 2.05) is 6.07 Å². The quantitative estimate of drug-likeness (QED) is 0.712. The molecule has 1 aliphatic rings. The zero-order valence-corrected chi connectivity index (χ0v) is 11.4. The first kappa shape index (κ1) is 15.0. The maximum Gasteiger partial charge on any atom is 0.322 e. The second-order valence-electron chi connectivity index (χ2n) is 4.77. The molecule has 3 N–H and O–H groups in total. The molecule has 1 aromatic rings. The Balaban J connectivity index is 1.97. The summed E-state index contributed by atoms with van der Waals surface area (Å²) in [7, 11) is 0. The first-order chi connectivity index (χ1) is 10.1. The minimum Gasteiger partial charge on any atom is -0.480 e. The van der Waals surface area contributed by atoms with Crippen LogP contribution >= 0.6 is 0 Å². The Bertz CT molecular complexity index is 582. The molecule has 2 rings (SSSR count). The van der Waals surface area contributed by atoms with E-state index < -0.39 is 12.0 Å². The van der Waals surface area contributed by atoms with E-state index in [0.717, 1.165) is 0 Å². The first-order valence-corrected chi connectivity index (χ1v) is 6.58. The predicted octanol–water partition coefficient (Wildman–Crippen LogP) is -0.145. The van der Waals surface area contributed by atoms with E-state index in [1.54, 1.807) is 29.2 Å². The molecule has 0 aliphatic carbocycles. The van der Waals surface area contributed by atoms with E-state index in [1.165, 1.54) is 0 Å². The van der Waals surface area contributed by atoms with Crippen LogP contribution in [0.3, 0.4) is 0 Å². The van der Waals surface area contributed by atoms with Gasteiger partial charge in [0.2, 0.25) is 5.91 Å². The van der Waals surface area contributed by atoms with Crippen molar-refractivity contribution in [3.05, 3.63) is 29.8 Å². The number of carboxylic acid groups (broad SMARTS) is 1. The van der Waals surface area contributed by atoms with Gasteiger partial charge in [-0.3, -0.25) is 14.5 Å². The summed E-state index contributed by atoms with van der Waals surface area (Å²) in [5.41, 5.74) is 0.986. The number of nitrogens with zero attached hydrogens (tertiary/aromatic N) is 2. The van der Waals surface area contributed by atoms with Gasteiger partial charge in [0.05, 0.1) is 18.2 Å². The normalized spacial score (nSPS) is 18.7. The second-order valence-corrected chi connectivity index (χ2v) is 4.77. The van der Waals surface area contributed by atoms with Crippen LogP contribution in [0.15, 0.2) is 24.3 Å².